The number of hydrogen-bond donors (Lipinski definition) is 0. The van der Waals surface area contributed by atoms with Crippen molar-refractivity contribution in [3.05, 3.63) is 59.7 Å². The van der Waals surface area contributed by atoms with Gasteiger partial charge in [-0.25, -0.2) is 4.79 Å². The Morgan fingerprint density at radius 1 is 1.29 bits per heavy atom. The van der Waals surface area contributed by atoms with E-state index in [9.17, 15) is 9.59 Å². The summed E-state index contributed by atoms with van der Waals surface area (Å²) in [5.41, 5.74) is 1.20. The molecule has 0 fully saturated rings. The van der Waals surface area contributed by atoms with Crippen LogP contribution in [0.3, 0.4) is 0 Å². The molecule has 0 atom stereocenters. The van der Waals surface area contributed by atoms with E-state index in [-0.39, 0.29) is 18.4 Å². The summed E-state index contributed by atoms with van der Waals surface area (Å²) in [5, 5.41) is 0. The fourth-order valence-corrected chi connectivity index (χ4v) is 1.56. The molecule has 0 unspecified atom stereocenters. The van der Waals surface area contributed by atoms with Gasteiger partial charge in [-0.2, -0.15) is 0 Å². The Kier molecular flexibility index (Phi) is 3.50. The predicted molar refractivity (Wildman–Crippen MR) is 63.6 cm³/mol. The molecular weight excluding hydrogens is 216 g/mol. The maximum absolute atomic E-state index is 11.5. The predicted octanol–water partition coefficient (Wildman–Crippen LogP) is 2.30. The second-order valence-corrected chi connectivity index (χ2v) is 3.66. The average molecular weight is 228 g/mol. The molecule has 1 aliphatic carbocycles. The second kappa shape index (κ2) is 5.25. The van der Waals surface area contributed by atoms with Crippen LogP contribution in [0.2, 0.25) is 0 Å². The van der Waals surface area contributed by atoms with Gasteiger partial charge in [-0.3, -0.25) is 4.79 Å². The number of ketones is 1. The average Bonchev–Trinajstić information content (AvgIpc) is 2.76. The fraction of sp³-hybridized carbons (Fsp3) is 0.143. The lowest BCUT2D eigenvalue weighted by Crippen LogP contribution is -2.05. The number of ether oxygens (including phenoxy) is 1. The molecule has 17 heavy (non-hydrogen) atoms. The molecule has 1 aliphatic rings. The lowest BCUT2D eigenvalue weighted by Gasteiger charge is -2.02. The van der Waals surface area contributed by atoms with E-state index in [0.717, 1.165) is 0 Å². The number of allylic oxidation sites excluding steroid dienone is 3. The number of esters is 1. The van der Waals surface area contributed by atoms with E-state index >= 15 is 0 Å². The lowest BCUT2D eigenvalue weighted by atomic mass is 10.2. The Morgan fingerprint density at radius 2 is 2.06 bits per heavy atom. The minimum atomic E-state index is -0.374. The molecule has 86 valence electrons. The Balaban J connectivity index is 1.87. The first-order valence-electron chi connectivity index (χ1n) is 5.39. The van der Waals surface area contributed by atoms with Crippen molar-refractivity contribution in [2.45, 2.75) is 6.42 Å². The maximum Gasteiger partial charge on any atom is 0.338 e. The maximum atomic E-state index is 11.5. The van der Waals surface area contributed by atoms with Crippen LogP contribution in [0.15, 0.2) is 54.1 Å². The standard InChI is InChI=1S/C14H12O3/c15-13-8-4-7-11(13)9-10-17-14(16)12-5-2-1-3-6-12/h1-6,8-9H,7,10H2. The van der Waals surface area contributed by atoms with E-state index in [4.69, 9.17) is 4.74 Å². The van der Waals surface area contributed by atoms with Crippen LogP contribution >= 0.6 is 0 Å². The van der Waals surface area contributed by atoms with Gasteiger partial charge in [0.25, 0.3) is 0 Å². The van der Waals surface area contributed by atoms with Gasteiger partial charge in [0.15, 0.2) is 5.78 Å². The van der Waals surface area contributed by atoms with E-state index in [1.54, 1.807) is 36.4 Å². The van der Waals surface area contributed by atoms with Crippen molar-refractivity contribution in [2.75, 3.05) is 6.61 Å². The van der Waals surface area contributed by atoms with Crippen LogP contribution in [0, 0.1) is 0 Å². The van der Waals surface area contributed by atoms with Crippen LogP contribution in [-0.2, 0) is 9.53 Å². The van der Waals surface area contributed by atoms with Gasteiger partial charge in [-0.1, -0.05) is 24.3 Å². The van der Waals surface area contributed by atoms with Crippen LogP contribution in [0.1, 0.15) is 16.8 Å². The Morgan fingerprint density at radius 3 is 2.71 bits per heavy atom. The zero-order chi connectivity index (χ0) is 12.1. The zero-order valence-corrected chi connectivity index (χ0v) is 9.26. The molecule has 0 N–H and O–H groups in total. The van der Waals surface area contributed by atoms with Crippen molar-refractivity contribution in [3.8, 4) is 0 Å². The quantitative estimate of drug-likeness (QED) is 0.589. The summed E-state index contributed by atoms with van der Waals surface area (Å²) in [6.07, 6.45) is 5.61. The van der Waals surface area contributed by atoms with Crippen molar-refractivity contribution in [3.63, 3.8) is 0 Å². The molecule has 3 nitrogen and oxygen atoms in total. The highest BCUT2D eigenvalue weighted by molar-refractivity contribution is 6.06. The molecule has 0 bridgehead atoms. The van der Waals surface area contributed by atoms with Gasteiger partial charge in [0, 0.05) is 5.57 Å². The zero-order valence-electron chi connectivity index (χ0n) is 9.26. The summed E-state index contributed by atoms with van der Waals surface area (Å²) in [6, 6.07) is 8.77. The van der Waals surface area contributed by atoms with Crippen molar-refractivity contribution in [1.82, 2.24) is 0 Å². The monoisotopic (exact) mass is 228 g/mol. The van der Waals surface area contributed by atoms with Crippen LogP contribution in [0.5, 0.6) is 0 Å². The first-order chi connectivity index (χ1) is 8.27. The third-order valence-corrected chi connectivity index (χ3v) is 2.48. The van der Waals surface area contributed by atoms with E-state index in [2.05, 4.69) is 0 Å². The van der Waals surface area contributed by atoms with Crippen molar-refractivity contribution in [2.24, 2.45) is 0 Å². The number of rotatable bonds is 3. The van der Waals surface area contributed by atoms with Gasteiger partial charge >= 0.3 is 5.97 Å². The summed E-state index contributed by atoms with van der Waals surface area (Å²) in [5.74, 6) is -0.374. The minimum absolute atomic E-state index is 0.000704. The van der Waals surface area contributed by atoms with Crippen LogP contribution < -0.4 is 0 Å². The van der Waals surface area contributed by atoms with Gasteiger partial charge < -0.3 is 4.74 Å². The van der Waals surface area contributed by atoms with E-state index < -0.39 is 0 Å². The molecule has 2 rings (SSSR count). The lowest BCUT2D eigenvalue weighted by molar-refractivity contribution is -0.111. The highest BCUT2D eigenvalue weighted by Crippen LogP contribution is 2.12. The summed E-state index contributed by atoms with van der Waals surface area (Å²) >= 11 is 0. The molecule has 0 radical (unpaired) electrons. The largest absolute Gasteiger partial charge is 0.458 e. The number of carbonyl (C=O) groups excluding carboxylic acids is 2. The van der Waals surface area contributed by atoms with Crippen molar-refractivity contribution in [1.29, 1.82) is 0 Å². The molecule has 1 aromatic rings. The van der Waals surface area contributed by atoms with Crippen molar-refractivity contribution >= 4 is 11.8 Å². The summed E-state index contributed by atoms with van der Waals surface area (Å²) in [7, 11) is 0. The number of carbonyl (C=O) groups is 2. The molecule has 1 aromatic carbocycles. The molecule has 3 heteroatoms. The van der Waals surface area contributed by atoms with Crippen LogP contribution in [-0.4, -0.2) is 18.4 Å². The molecule has 0 aromatic heterocycles. The van der Waals surface area contributed by atoms with Gasteiger partial charge in [0.05, 0.1) is 5.56 Å². The van der Waals surface area contributed by atoms with E-state index in [1.165, 1.54) is 6.08 Å². The smallest absolute Gasteiger partial charge is 0.338 e. The number of benzene rings is 1. The minimum Gasteiger partial charge on any atom is -0.458 e. The third kappa shape index (κ3) is 2.91. The topological polar surface area (TPSA) is 43.4 Å². The fourth-order valence-electron chi connectivity index (χ4n) is 1.56. The summed E-state index contributed by atoms with van der Waals surface area (Å²) in [6.45, 7) is 0.135. The van der Waals surface area contributed by atoms with Crippen molar-refractivity contribution < 1.29 is 14.3 Å². The molecule has 0 saturated heterocycles. The highest BCUT2D eigenvalue weighted by atomic mass is 16.5. The normalized spacial score (nSPS) is 16.5. The van der Waals surface area contributed by atoms with Gasteiger partial charge in [0.1, 0.15) is 6.61 Å². The molecule has 0 amide bonds. The van der Waals surface area contributed by atoms with Crippen LogP contribution in [0.25, 0.3) is 0 Å². The highest BCUT2D eigenvalue weighted by Gasteiger charge is 2.10. The Labute approximate surface area is 99.4 Å². The van der Waals surface area contributed by atoms with Gasteiger partial charge in [-0.15, -0.1) is 0 Å². The van der Waals surface area contributed by atoms with Crippen LogP contribution in [0.4, 0.5) is 0 Å². The molecule has 0 aliphatic heterocycles. The molecule has 0 spiro atoms. The summed E-state index contributed by atoms with van der Waals surface area (Å²) in [4.78, 5) is 22.8. The Bertz CT molecular complexity index is 483. The second-order valence-electron chi connectivity index (χ2n) is 3.66. The Hall–Kier alpha value is -2.16. The molecule has 0 heterocycles. The first kappa shape index (κ1) is 11.3. The first-order valence-corrected chi connectivity index (χ1v) is 5.39. The van der Waals surface area contributed by atoms with E-state index in [1.807, 2.05) is 6.07 Å². The van der Waals surface area contributed by atoms with Gasteiger partial charge in [-0.05, 0) is 30.7 Å². The third-order valence-electron chi connectivity index (χ3n) is 2.48. The molecular formula is C14H12O3. The van der Waals surface area contributed by atoms with E-state index in [0.29, 0.717) is 17.6 Å². The number of hydrogen-bond acceptors (Lipinski definition) is 3. The SMILES string of the molecule is O=C1C=CCC1=CCOC(=O)c1ccccc1. The molecule has 0 saturated carbocycles. The van der Waals surface area contributed by atoms with Gasteiger partial charge in [0.2, 0.25) is 0 Å². The summed E-state index contributed by atoms with van der Waals surface area (Å²) < 4.78 is 5.04.